The highest BCUT2D eigenvalue weighted by Crippen LogP contribution is 2.02. The summed E-state index contributed by atoms with van der Waals surface area (Å²) in [5, 5.41) is 1.40. The van der Waals surface area contributed by atoms with Crippen LogP contribution >= 0.6 is 24.4 Å². The van der Waals surface area contributed by atoms with Gasteiger partial charge in [0.15, 0.2) is 9.98 Å². The maximum atomic E-state index is 5.04. The van der Waals surface area contributed by atoms with Crippen molar-refractivity contribution in [1.82, 2.24) is 5.06 Å². The van der Waals surface area contributed by atoms with Crippen LogP contribution in [0.25, 0.3) is 0 Å². The Hall–Kier alpha value is -0.390. The molecule has 0 radical (unpaired) electrons. The summed E-state index contributed by atoms with van der Waals surface area (Å²) in [5.41, 5.74) is 0. The first kappa shape index (κ1) is 7.71. The Kier molecular flexibility index (Phi) is 2.42. The van der Waals surface area contributed by atoms with Crippen molar-refractivity contribution in [1.29, 1.82) is 0 Å². The summed E-state index contributed by atoms with van der Waals surface area (Å²) < 4.78 is 0. The molecule has 0 saturated carbocycles. The van der Waals surface area contributed by atoms with Gasteiger partial charge >= 0.3 is 0 Å². The number of hydrogen-bond acceptors (Lipinski definition) is 3. The SMILES string of the molecule is CCON1C=NC(=S)C1=S. The molecule has 0 atom stereocenters. The van der Waals surface area contributed by atoms with Gasteiger partial charge in [-0.25, -0.2) is 4.99 Å². The third-order valence-corrected chi connectivity index (χ3v) is 1.73. The van der Waals surface area contributed by atoms with Gasteiger partial charge in [-0.05, 0) is 6.92 Å². The van der Waals surface area contributed by atoms with Gasteiger partial charge in [0.05, 0.1) is 6.61 Å². The Bertz CT molecular complexity index is 202. The molecule has 0 aromatic rings. The van der Waals surface area contributed by atoms with Crippen LogP contribution in [-0.4, -0.2) is 28.0 Å². The van der Waals surface area contributed by atoms with Crippen molar-refractivity contribution in [2.75, 3.05) is 6.61 Å². The first-order valence-electron chi connectivity index (χ1n) is 2.80. The maximum Gasteiger partial charge on any atom is 0.170 e. The van der Waals surface area contributed by atoms with Crippen LogP contribution in [0.1, 0.15) is 6.92 Å². The average Bonchev–Trinajstić information content (AvgIpc) is 2.20. The molecule has 0 aliphatic carbocycles. The predicted octanol–water partition coefficient (Wildman–Crippen LogP) is 0.937. The topological polar surface area (TPSA) is 24.8 Å². The van der Waals surface area contributed by atoms with Gasteiger partial charge in [-0.1, -0.05) is 24.4 Å². The second-order valence-corrected chi connectivity index (χ2v) is 2.37. The van der Waals surface area contributed by atoms with Crippen LogP contribution in [0.15, 0.2) is 4.99 Å². The minimum absolute atomic E-state index is 0.420. The normalized spacial score (nSPS) is 17.1. The minimum Gasteiger partial charge on any atom is -0.267 e. The van der Waals surface area contributed by atoms with Crippen LogP contribution in [0.5, 0.6) is 0 Å². The van der Waals surface area contributed by atoms with Crippen LogP contribution in [0, 0.1) is 0 Å². The summed E-state index contributed by atoms with van der Waals surface area (Å²) in [6, 6.07) is 0. The lowest BCUT2D eigenvalue weighted by Gasteiger charge is -2.10. The molecule has 0 amide bonds. The fourth-order valence-corrected chi connectivity index (χ4v) is 0.828. The monoisotopic (exact) mass is 174 g/mol. The maximum absolute atomic E-state index is 5.04. The molecule has 1 heterocycles. The predicted molar refractivity (Wildman–Crippen MR) is 47.2 cm³/mol. The van der Waals surface area contributed by atoms with Crippen LogP contribution < -0.4 is 0 Å². The van der Waals surface area contributed by atoms with Crippen molar-refractivity contribution in [3.05, 3.63) is 0 Å². The molecule has 0 saturated heterocycles. The first-order valence-corrected chi connectivity index (χ1v) is 3.62. The highest BCUT2D eigenvalue weighted by atomic mass is 32.1. The van der Waals surface area contributed by atoms with Gasteiger partial charge in [-0.3, -0.25) is 4.84 Å². The fraction of sp³-hybridized carbons (Fsp3) is 0.400. The van der Waals surface area contributed by atoms with Gasteiger partial charge in [-0.15, -0.1) is 0 Å². The Labute approximate surface area is 69.6 Å². The lowest BCUT2D eigenvalue weighted by Crippen LogP contribution is -2.26. The molecule has 3 nitrogen and oxygen atoms in total. The quantitative estimate of drug-likeness (QED) is 0.582. The number of aliphatic imine (C=N–C) groups is 1. The third-order valence-electron chi connectivity index (χ3n) is 0.931. The van der Waals surface area contributed by atoms with E-state index in [4.69, 9.17) is 29.3 Å². The molecule has 0 spiro atoms. The number of thiocarbonyl (C=S) groups is 2. The molecule has 1 aliphatic rings. The Morgan fingerprint density at radius 3 is 2.80 bits per heavy atom. The van der Waals surface area contributed by atoms with Gasteiger partial charge in [0.2, 0.25) is 0 Å². The van der Waals surface area contributed by atoms with E-state index in [1.807, 2.05) is 6.92 Å². The summed E-state index contributed by atoms with van der Waals surface area (Å²) in [5.74, 6) is 0. The second kappa shape index (κ2) is 3.14. The van der Waals surface area contributed by atoms with Crippen molar-refractivity contribution in [2.24, 2.45) is 4.99 Å². The van der Waals surface area contributed by atoms with Crippen LogP contribution in [0.3, 0.4) is 0 Å². The number of nitrogens with zero attached hydrogens (tertiary/aromatic N) is 2. The van der Waals surface area contributed by atoms with E-state index in [-0.39, 0.29) is 0 Å². The Morgan fingerprint density at radius 2 is 2.40 bits per heavy atom. The molecule has 0 bridgehead atoms. The van der Waals surface area contributed by atoms with E-state index in [0.29, 0.717) is 16.6 Å². The Morgan fingerprint density at radius 1 is 1.70 bits per heavy atom. The molecule has 0 fully saturated rings. The molecule has 1 rings (SSSR count). The van der Waals surface area contributed by atoms with E-state index in [1.54, 1.807) is 0 Å². The number of hydrogen-bond donors (Lipinski definition) is 0. The largest absolute Gasteiger partial charge is 0.267 e. The van der Waals surface area contributed by atoms with E-state index in [9.17, 15) is 0 Å². The second-order valence-electron chi connectivity index (χ2n) is 1.60. The van der Waals surface area contributed by atoms with E-state index < -0.39 is 0 Å². The molecular weight excluding hydrogens is 168 g/mol. The fourth-order valence-electron chi connectivity index (χ4n) is 0.538. The number of hydroxylamine groups is 2. The molecule has 5 heteroatoms. The summed E-state index contributed by atoms with van der Waals surface area (Å²) in [6.07, 6.45) is 1.48. The third kappa shape index (κ3) is 1.36. The summed E-state index contributed by atoms with van der Waals surface area (Å²) in [4.78, 5) is 9.71. The summed E-state index contributed by atoms with van der Waals surface area (Å²) in [7, 11) is 0. The smallest absolute Gasteiger partial charge is 0.170 e. The van der Waals surface area contributed by atoms with Crippen molar-refractivity contribution < 1.29 is 4.84 Å². The van der Waals surface area contributed by atoms with Gasteiger partial charge in [-0.2, -0.15) is 5.06 Å². The van der Waals surface area contributed by atoms with Gasteiger partial charge in [0, 0.05) is 0 Å². The number of rotatable bonds is 2. The highest BCUT2D eigenvalue weighted by molar-refractivity contribution is 7.89. The van der Waals surface area contributed by atoms with E-state index in [1.165, 1.54) is 11.4 Å². The zero-order valence-electron chi connectivity index (χ0n) is 5.40. The first-order chi connectivity index (χ1) is 4.75. The zero-order chi connectivity index (χ0) is 7.56. The molecule has 0 unspecified atom stereocenters. The minimum atomic E-state index is 0.420. The van der Waals surface area contributed by atoms with E-state index in [2.05, 4.69) is 4.99 Å². The van der Waals surface area contributed by atoms with Crippen LogP contribution in [-0.2, 0) is 4.84 Å². The molecule has 10 heavy (non-hydrogen) atoms. The summed E-state index contributed by atoms with van der Waals surface area (Å²) >= 11 is 9.64. The van der Waals surface area contributed by atoms with E-state index >= 15 is 0 Å². The van der Waals surface area contributed by atoms with Gasteiger partial charge in [0.25, 0.3) is 0 Å². The van der Waals surface area contributed by atoms with Crippen LogP contribution in [0.4, 0.5) is 0 Å². The standard InChI is InChI=1S/C5H6N2OS2/c1-2-8-7-3-6-4(9)5(7)10/h3H,2H2,1H3. The van der Waals surface area contributed by atoms with Crippen LogP contribution in [0.2, 0.25) is 0 Å². The van der Waals surface area contributed by atoms with Crippen molar-refractivity contribution in [3.8, 4) is 0 Å². The zero-order valence-corrected chi connectivity index (χ0v) is 7.04. The molecule has 0 aromatic heterocycles. The summed E-state index contributed by atoms with van der Waals surface area (Å²) in [6.45, 7) is 2.44. The molecule has 0 aromatic carbocycles. The average molecular weight is 174 g/mol. The lowest BCUT2D eigenvalue weighted by molar-refractivity contribution is -0.0237. The molecular formula is C5H6N2OS2. The van der Waals surface area contributed by atoms with E-state index in [0.717, 1.165) is 0 Å². The molecule has 1 aliphatic heterocycles. The van der Waals surface area contributed by atoms with Gasteiger partial charge in [0.1, 0.15) is 6.34 Å². The van der Waals surface area contributed by atoms with Crippen molar-refractivity contribution in [3.63, 3.8) is 0 Å². The highest BCUT2D eigenvalue weighted by Gasteiger charge is 2.17. The lowest BCUT2D eigenvalue weighted by atomic mass is 10.7. The van der Waals surface area contributed by atoms with Crippen molar-refractivity contribution in [2.45, 2.75) is 6.92 Å². The molecule has 0 N–H and O–H groups in total. The van der Waals surface area contributed by atoms with Crippen molar-refractivity contribution >= 4 is 40.8 Å². The Balaban J connectivity index is 2.58. The molecule has 54 valence electrons. The van der Waals surface area contributed by atoms with Gasteiger partial charge < -0.3 is 0 Å².